The van der Waals surface area contributed by atoms with Crippen molar-refractivity contribution in [1.29, 1.82) is 0 Å². The number of nitro benzene ring substituents is 1. The predicted molar refractivity (Wildman–Crippen MR) is 96.5 cm³/mol. The predicted octanol–water partition coefficient (Wildman–Crippen LogP) is 3.35. The van der Waals surface area contributed by atoms with Crippen LogP contribution in [0.1, 0.15) is 30.5 Å². The number of carbonyl (C=O) groups excluding carboxylic acids is 1. The minimum atomic E-state index is -0.844. The summed E-state index contributed by atoms with van der Waals surface area (Å²) in [5.41, 5.74) is 1.22. The molecule has 0 fully saturated rings. The zero-order valence-electron chi connectivity index (χ0n) is 14.6. The van der Waals surface area contributed by atoms with E-state index in [1.165, 1.54) is 18.2 Å². The van der Waals surface area contributed by atoms with Crippen LogP contribution in [-0.4, -0.2) is 21.2 Å². The van der Waals surface area contributed by atoms with Crippen molar-refractivity contribution in [2.75, 3.05) is 5.32 Å². The molecule has 0 aliphatic carbocycles. The van der Waals surface area contributed by atoms with Gasteiger partial charge >= 0.3 is 6.09 Å². The second-order valence-electron chi connectivity index (χ2n) is 4.85. The van der Waals surface area contributed by atoms with Crippen molar-refractivity contribution in [3.05, 3.63) is 69.3 Å². The number of rotatable bonds is 6. The Hall–Kier alpha value is -2.97. The van der Waals surface area contributed by atoms with Gasteiger partial charge in [-0.2, -0.15) is 0 Å². The van der Waals surface area contributed by atoms with E-state index in [1.54, 1.807) is 24.3 Å². The number of carbonyl (C=O) groups is 1. The average molecular weight is 362 g/mol. The third kappa shape index (κ3) is 5.54. The molecule has 26 heavy (non-hydrogen) atoms. The first kappa shape index (κ1) is 21.1. The van der Waals surface area contributed by atoms with Crippen LogP contribution >= 0.6 is 0 Å². The summed E-state index contributed by atoms with van der Waals surface area (Å²) in [7, 11) is 0. The molecule has 0 unspecified atom stereocenters. The molecule has 2 aromatic carbocycles. The van der Waals surface area contributed by atoms with E-state index in [1.807, 2.05) is 13.8 Å². The molecule has 140 valence electrons. The van der Waals surface area contributed by atoms with Gasteiger partial charge in [0, 0.05) is 17.2 Å². The SMILES string of the molecule is CC.O=C(Nc1c(CO)cccc1CO)OCc1ccccc1[N+](=O)[O-]. The highest BCUT2D eigenvalue weighted by atomic mass is 16.6. The molecule has 0 bridgehead atoms. The molecule has 2 aromatic rings. The van der Waals surface area contributed by atoms with Crippen LogP contribution in [-0.2, 0) is 24.6 Å². The van der Waals surface area contributed by atoms with E-state index in [-0.39, 0.29) is 36.8 Å². The number of aliphatic hydroxyl groups excluding tert-OH is 2. The first-order valence-electron chi connectivity index (χ1n) is 8.05. The second kappa shape index (κ2) is 10.8. The average Bonchev–Trinajstić information content (AvgIpc) is 2.68. The number of nitro groups is 1. The van der Waals surface area contributed by atoms with Crippen LogP contribution < -0.4 is 5.32 Å². The zero-order valence-corrected chi connectivity index (χ0v) is 14.6. The fourth-order valence-corrected chi connectivity index (χ4v) is 2.17. The number of nitrogens with one attached hydrogen (secondary N) is 1. The lowest BCUT2D eigenvalue weighted by Gasteiger charge is -2.13. The Morgan fingerprint density at radius 1 is 1.04 bits per heavy atom. The van der Waals surface area contributed by atoms with Crippen molar-refractivity contribution >= 4 is 17.5 Å². The van der Waals surface area contributed by atoms with Gasteiger partial charge in [0.1, 0.15) is 6.61 Å². The number of ether oxygens (including phenoxy) is 1. The topological polar surface area (TPSA) is 122 Å². The molecule has 0 atom stereocenters. The number of aliphatic hydroxyl groups is 2. The lowest BCUT2D eigenvalue weighted by atomic mass is 10.1. The quantitative estimate of drug-likeness (QED) is 0.535. The van der Waals surface area contributed by atoms with Crippen molar-refractivity contribution in [2.24, 2.45) is 0 Å². The van der Waals surface area contributed by atoms with Crippen LogP contribution in [0.25, 0.3) is 0 Å². The third-order valence-electron chi connectivity index (χ3n) is 3.35. The van der Waals surface area contributed by atoms with Gasteiger partial charge in [-0.15, -0.1) is 0 Å². The Morgan fingerprint density at radius 2 is 1.58 bits per heavy atom. The summed E-state index contributed by atoms with van der Waals surface area (Å²) in [6, 6.07) is 10.8. The largest absolute Gasteiger partial charge is 0.444 e. The number of hydrogen-bond acceptors (Lipinski definition) is 6. The fraction of sp³-hybridized carbons (Fsp3) is 0.278. The van der Waals surface area contributed by atoms with Gasteiger partial charge in [-0.25, -0.2) is 4.79 Å². The summed E-state index contributed by atoms with van der Waals surface area (Å²) in [6.07, 6.45) is -0.844. The van der Waals surface area contributed by atoms with Crippen LogP contribution in [0, 0.1) is 10.1 Å². The summed E-state index contributed by atoms with van der Waals surface area (Å²) in [5, 5.41) is 32.0. The molecule has 8 nitrogen and oxygen atoms in total. The summed E-state index contributed by atoms with van der Waals surface area (Å²) in [6.45, 7) is 3.07. The summed E-state index contributed by atoms with van der Waals surface area (Å²) in [4.78, 5) is 22.3. The lowest BCUT2D eigenvalue weighted by molar-refractivity contribution is -0.385. The van der Waals surface area contributed by atoms with E-state index in [0.717, 1.165) is 0 Å². The normalized spacial score (nSPS) is 9.69. The van der Waals surface area contributed by atoms with E-state index in [2.05, 4.69) is 5.32 Å². The van der Waals surface area contributed by atoms with Gasteiger partial charge in [-0.1, -0.05) is 44.2 Å². The van der Waals surface area contributed by atoms with Crippen molar-refractivity contribution in [3.8, 4) is 0 Å². The third-order valence-corrected chi connectivity index (χ3v) is 3.35. The molecule has 0 radical (unpaired) electrons. The van der Waals surface area contributed by atoms with Crippen LogP contribution in [0.15, 0.2) is 42.5 Å². The maximum Gasteiger partial charge on any atom is 0.411 e. The van der Waals surface area contributed by atoms with Crippen LogP contribution in [0.3, 0.4) is 0 Å². The van der Waals surface area contributed by atoms with Crippen LogP contribution in [0.2, 0.25) is 0 Å². The first-order valence-corrected chi connectivity index (χ1v) is 8.05. The molecule has 0 saturated carbocycles. The maximum atomic E-state index is 11.9. The maximum absolute atomic E-state index is 11.9. The zero-order chi connectivity index (χ0) is 19.5. The van der Waals surface area contributed by atoms with Gasteiger partial charge < -0.3 is 14.9 Å². The van der Waals surface area contributed by atoms with Crippen LogP contribution in [0.5, 0.6) is 0 Å². The molecule has 0 aromatic heterocycles. The molecular weight excluding hydrogens is 340 g/mol. The van der Waals surface area contributed by atoms with Gasteiger partial charge in [0.2, 0.25) is 0 Å². The smallest absolute Gasteiger partial charge is 0.411 e. The number of anilines is 1. The number of amides is 1. The van der Waals surface area contributed by atoms with Gasteiger partial charge in [0.25, 0.3) is 5.69 Å². The summed E-state index contributed by atoms with van der Waals surface area (Å²) < 4.78 is 5.00. The van der Waals surface area contributed by atoms with Crippen molar-refractivity contribution in [3.63, 3.8) is 0 Å². The Kier molecular flexibility index (Phi) is 8.76. The van der Waals surface area contributed by atoms with E-state index >= 15 is 0 Å². The van der Waals surface area contributed by atoms with E-state index in [4.69, 9.17) is 4.74 Å². The van der Waals surface area contributed by atoms with E-state index < -0.39 is 11.0 Å². The van der Waals surface area contributed by atoms with Gasteiger partial charge in [-0.05, 0) is 6.07 Å². The van der Waals surface area contributed by atoms with Gasteiger partial charge in [0.05, 0.1) is 29.4 Å². The number of hydrogen-bond donors (Lipinski definition) is 3. The van der Waals surface area contributed by atoms with E-state index in [9.17, 15) is 25.1 Å². The standard InChI is InChI=1S/C16H16N2O6.C2H6/c19-8-11-5-3-6-12(9-20)15(11)17-16(21)24-10-13-4-1-2-7-14(13)18(22)23;1-2/h1-7,19-20H,8-10H2,(H,17,21);1-2H3. The molecular formula is C18H22N2O6. The number of nitrogens with zero attached hydrogens (tertiary/aromatic N) is 1. The van der Waals surface area contributed by atoms with E-state index in [0.29, 0.717) is 11.1 Å². The molecule has 0 heterocycles. The Morgan fingerprint density at radius 3 is 2.12 bits per heavy atom. The lowest BCUT2D eigenvalue weighted by Crippen LogP contribution is -2.16. The number of para-hydroxylation sites is 2. The Balaban J connectivity index is 0.00000163. The van der Waals surface area contributed by atoms with Crippen molar-refractivity contribution in [1.82, 2.24) is 0 Å². The molecule has 1 amide bonds. The summed E-state index contributed by atoms with van der Waals surface area (Å²) >= 11 is 0. The van der Waals surface area contributed by atoms with Crippen molar-refractivity contribution in [2.45, 2.75) is 33.7 Å². The first-order chi connectivity index (χ1) is 12.6. The Bertz CT molecular complexity index is 726. The van der Waals surface area contributed by atoms with Crippen LogP contribution in [0.4, 0.5) is 16.2 Å². The Labute approximate surface area is 151 Å². The highest BCUT2D eigenvalue weighted by Gasteiger charge is 2.16. The van der Waals surface area contributed by atoms with Gasteiger partial charge in [-0.3, -0.25) is 15.4 Å². The molecule has 8 heteroatoms. The molecule has 0 saturated heterocycles. The fourth-order valence-electron chi connectivity index (χ4n) is 2.17. The number of benzene rings is 2. The minimum absolute atomic E-state index is 0.142. The summed E-state index contributed by atoms with van der Waals surface area (Å²) in [5.74, 6) is 0. The molecule has 0 spiro atoms. The van der Waals surface area contributed by atoms with Gasteiger partial charge in [0.15, 0.2) is 0 Å². The molecule has 3 N–H and O–H groups in total. The molecule has 0 aliphatic heterocycles. The molecule has 0 aliphatic rings. The monoisotopic (exact) mass is 362 g/mol. The minimum Gasteiger partial charge on any atom is -0.444 e. The highest BCUT2D eigenvalue weighted by molar-refractivity contribution is 5.87. The molecule has 2 rings (SSSR count). The highest BCUT2D eigenvalue weighted by Crippen LogP contribution is 2.23. The van der Waals surface area contributed by atoms with Crippen molar-refractivity contribution < 1.29 is 24.7 Å². The second-order valence-corrected chi connectivity index (χ2v) is 4.85.